The number of carbonyl (C=O) groups is 2. The number of cyclic esters (lactones) is 1. The summed E-state index contributed by atoms with van der Waals surface area (Å²) in [6.07, 6.45) is -1.25. The SMILES string of the molecule is CC(C)(C)OC(=O)N1CCN(c2ccc(N3C[C@H](CN)OC3=O)cc2F)CC1. The molecular weight excluding hydrogens is 367 g/mol. The standard InChI is InChI=1S/C19H27FN4O4/c1-19(2,3)28-17(25)23-8-6-22(7-9-23)16-5-4-13(10-15(16)20)24-12-14(11-21)27-18(24)26/h4-5,10,14H,6-9,11-12,21H2,1-3H3/t14-/m0/s1. The lowest BCUT2D eigenvalue weighted by Crippen LogP contribution is -2.50. The largest absolute Gasteiger partial charge is 0.444 e. The van der Waals surface area contributed by atoms with Crippen LogP contribution in [0, 0.1) is 5.82 Å². The maximum Gasteiger partial charge on any atom is 0.414 e. The third-order valence-corrected chi connectivity index (χ3v) is 4.65. The van der Waals surface area contributed by atoms with E-state index in [4.69, 9.17) is 15.2 Å². The normalized spacial score (nSPS) is 20.4. The Bertz CT molecular complexity index is 744. The number of piperazine rings is 1. The third kappa shape index (κ3) is 4.46. The van der Waals surface area contributed by atoms with Gasteiger partial charge in [-0.15, -0.1) is 0 Å². The highest BCUT2D eigenvalue weighted by atomic mass is 19.1. The lowest BCUT2D eigenvalue weighted by molar-refractivity contribution is 0.0240. The van der Waals surface area contributed by atoms with E-state index in [0.29, 0.717) is 44.1 Å². The monoisotopic (exact) mass is 394 g/mol. The van der Waals surface area contributed by atoms with Crippen LogP contribution in [0.15, 0.2) is 18.2 Å². The number of carbonyl (C=O) groups excluding carboxylic acids is 2. The van der Waals surface area contributed by atoms with Crippen LogP contribution in [0.2, 0.25) is 0 Å². The van der Waals surface area contributed by atoms with Gasteiger partial charge in [-0.2, -0.15) is 0 Å². The highest BCUT2D eigenvalue weighted by Crippen LogP contribution is 2.28. The Hall–Kier alpha value is -2.55. The highest BCUT2D eigenvalue weighted by Gasteiger charge is 2.32. The van der Waals surface area contributed by atoms with Crippen molar-refractivity contribution in [3.8, 4) is 0 Å². The van der Waals surface area contributed by atoms with Crippen LogP contribution in [-0.4, -0.2) is 68.1 Å². The van der Waals surface area contributed by atoms with Crippen LogP contribution in [0.4, 0.5) is 25.4 Å². The molecule has 2 aliphatic rings. The molecule has 2 aliphatic heterocycles. The molecule has 0 spiro atoms. The van der Waals surface area contributed by atoms with Gasteiger partial charge in [0.1, 0.15) is 17.5 Å². The first kappa shape index (κ1) is 20.2. The summed E-state index contributed by atoms with van der Waals surface area (Å²) >= 11 is 0. The quantitative estimate of drug-likeness (QED) is 0.845. The molecule has 28 heavy (non-hydrogen) atoms. The summed E-state index contributed by atoms with van der Waals surface area (Å²) in [5.74, 6) is -0.424. The molecule has 2 fully saturated rings. The molecule has 1 aromatic rings. The summed E-state index contributed by atoms with van der Waals surface area (Å²) in [7, 11) is 0. The fourth-order valence-corrected chi connectivity index (χ4v) is 3.23. The summed E-state index contributed by atoms with van der Waals surface area (Å²) in [5.41, 5.74) is 5.87. The smallest absolute Gasteiger partial charge is 0.414 e. The average Bonchev–Trinajstić information content (AvgIpc) is 3.01. The Morgan fingerprint density at radius 3 is 2.50 bits per heavy atom. The Morgan fingerprint density at radius 1 is 1.29 bits per heavy atom. The zero-order valence-electron chi connectivity index (χ0n) is 16.5. The molecule has 2 amide bonds. The van der Waals surface area contributed by atoms with E-state index in [0.717, 1.165) is 0 Å². The van der Waals surface area contributed by atoms with E-state index in [1.807, 2.05) is 25.7 Å². The van der Waals surface area contributed by atoms with Crippen LogP contribution in [0.5, 0.6) is 0 Å². The van der Waals surface area contributed by atoms with Crippen molar-refractivity contribution in [3.05, 3.63) is 24.0 Å². The first-order valence-electron chi connectivity index (χ1n) is 9.38. The van der Waals surface area contributed by atoms with Gasteiger partial charge in [0.2, 0.25) is 0 Å². The fourth-order valence-electron chi connectivity index (χ4n) is 3.23. The van der Waals surface area contributed by atoms with Crippen molar-refractivity contribution in [2.24, 2.45) is 5.73 Å². The molecule has 0 bridgehead atoms. The highest BCUT2D eigenvalue weighted by molar-refractivity contribution is 5.90. The van der Waals surface area contributed by atoms with Gasteiger partial charge in [0, 0.05) is 32.7 Å². The minimum atomic E-state index is -0.546. The number of ether oxygens (including phenoxy) is 2. The van der Waals surface area contributed by atoms with Gasteiger partial charge in [-0.3, -0.25) is 4.90 Å². The molecule has 0 unspecified atom stereocenters. The molecule has 0 aliphatic carbocycles. The molecule has 2 N–H and O–H groups in total. The van der Waals surface area contributed by atoms with Gasteiger partial charge in [-0.25, -0.2) is 14.0 Å². The Morgan fingerprint density at radius 2 is 1.96 bits per heavy atom. The van der Waals surface area contributed by atoms with Gasteiger partial charge in [0.25, 0.3) is 0 Å². The summed E-state index contributed by atoms with van der Waals surface area (Å²) in [5, 5.41) is 0. The molecule has 1 atom stereocenters. The van der Waals surface area contributed by atoms with Gasteiger partial charge in [0.15, 0.2) is 0 Å². The van der Waals surface area contributed by atoms with E-state index in [-0.39, 0.29) is 18.7 Å². The van der Waals surface area contributed by atoms with E-state index in [1.54, 1.807) is 17.0 Å². The number of anilines is 2. The average molecular weight is 394 g/mol. The lowest BCUT2D eigenvalue weighted by atomic mass is 10.2. The zero-order chi connectivity index (χ0) is 20.5. The van der Waals surface area contributed by atoms with Crippen molar-refractivity contribution in [1.29, 1.82) is 0 Å². The van der Waals surface area contributed by atoms with Crippen LogP contribution >= 0.6 is 0 Å². The maximum atomic E-state index is 14.7. The number of halogens is 1. The summed E-state index contributed by atoms with van der Waals surface area (Å²) in [6.45, 7) is 7.90. The summed E-state index contributed by atoms with van der Waals surface area (Å²) < 4.78 is 25.2. The molecule has 0 aromatic heterocycles. The predicted molar refractivity (Wildman–Crippen MR) is 103 cm³/mol. The second kappa shape index (κ2) is 7.83. The zero-order valence-corrected chi connectivity index (χ0v) is 16.5. The molecule has 0 radical (unpaired) electrons. The topological polar surface area (TPSA) is 88.3 Å². The molecule has 8 nitrogen and oxygen atoms in total. The number of amides is 2. The molecule has 154 valence electrons. The van der Waals surface area contributed by atoms with Crippen LogP contribution in [0.3, 0.4) is 0 Å². The van der Waals surface area contributed by atoms with Crippen LogP contribution < -0.4 is 15.5 Å². The van der Waals surface area contributed by atoms with E-state index >= 15 is 0 Å². The van der Waals surface area contributed by atoms with Crippen molar-refractivity contribution in [2.75, 3.05) is 49.1 Å². The number of rotatable bonds is 3. The van der Waals surface area contributed by atoms with Crippen molar-refractivity contribution in [2.45, 2.75) is 32.5 Å². The Kier molecular flexibility index (Phi) is 5.64. The van der Waals surface area contributed by atoms with Crippen molar-refractivity contribution < 1.29 is 23.5 Å². The fraction of sp³-hybridized carbons (Fsp3) is 0.579. The second-order valence-corrected chi connectivity index (χ2v) is 7.94. The maximum absolute atomic E-state index is 14.7. The Labute approximate surface area is 163 Å². The number of benzene rings is 1. The second-order valence-electron chi connectivity index (χ2n) is 7.94. The molecule has 9 heteroatoms. The number of nitrogens with two attached hydrogens (primary N) is 1. The molecule has 2 saturated heterocycles. The Balaban J connectivity index is 1.63. The lowest BCUT2D eigenvalue weighted by Gasteiger charge is -2.37. The van der Waals surface area contributed by atoms with E-state index < -0.39 is 17.5 Å². The molecule has 3 rings (SSSR count). The van der Waals surface area contributed by atoms with Crippen LogP contribution in [0.1, 0.15) is 20.8 Å². The van der Waals surface area contributed by atoms with Crippen LogP contribution in [0.25, 0.3) is 0 Å². The number of nitrogens with zero attached hydrogens (tertiary/aromatic N) is 3. The molecular formula is C19H27FN4O4. The van der Waals surface area contributed by atoms with E-state index in [2.05, 4.69) is 0 Å². The first-order chi connectivity index (χ1) is 13.2. The minimum Gasteiger partial charge on any atom is -0.444 e. The van der Waals surface area contributed by atoms with Crippen molar-refractivity contribution in [3.63, 3.8) is 0 Å². The number of hydrogen-bond donors (Lipinski definition) is 1. The van der Waals surface area contributed by atoms with Crippen molar-refractivity contribution >= 4 is 23.6 Å². The molecule has 1 aromatic carbocycles. The predicted octanol–water partition coefficient (Wildman–Crippen LogP) is 2.17. The van der Waals surface area contributed by atoms with Gasteiger partial charge < -0.3 is 25.0 Å². The van der Waals surface area contributed by atoms with Crippen LogP contribution in [-0.2, 0) is 9.47 Å². The third-order valence-electron chi connectivity index (χ3n) is 4.65. The van der Waals surface area contributed by atoms with Gasteiger partial charge in [0.05, 0.1) is 17.9 Å². The number of hydrogen-bond acceptors (Lipinski definition) is 6. The molecule has 2 heterocycles. The van der Waals surface area contributed by atoms with Crippen molar-refractivity contribution in [1.82, 2.24) is 4.90 Å². The first-order valence-corrected chi connectivity index (χ1v) is 9.38. The summed E-state index contributed by atoms with van der Waals surface area (Å²) in [4.78, 5) is 28.9. The minimum absolute atomic E-state index is 0.227. The van der Waals surface area contributed by atoms with Gasteiger partial charge >= 0.3 is 12.2 Å². The van der Waals surface area contributed by atoms with Gasteiger partial charge in [-0.05, 0) is 39.0 Å². The summed E-state index contributed by atoms with van der Waals surface area (Å²) in [6, 6.07) is 4.67. The van der Waals surface area contributed by atoms with Gasteiger partial charge in [-0.1, -0.05) is 0 Å². The van der Waals surface area contributed by atoms with E-state index in [9.17, 15) is 14.0 Å². The molecule has 0 saturated carbocycles. The van der Waals surface area contributed by atoms with E-state index in [1.165, 1.54) is 11.0 Å².